The third-order valence-electron chi connectivity index (χ3n) is 4.52. The smallest absolute Gasteiger partial charge is 0.231 e. The molecule has 4 nitrogen and oxygen atoms in total. The zero-order valence-corrected chi connectivity index (χ0v) is 14.3. The second-order valence-electron chi connectivity index (χ2n) is 6.29. The summed E-state index contributed by atoms with van der Waals surface area (Å²) in [5.41, 5.74) is 3.31. The maximum Gasteiger partial charge on any atom is 0.231 e. The summed E-state index contributed by atoms with van der Waals surface area (Å²) in [6.07, 6.45) is 4.81. The van der Waals surface area contributed by atoms with Gasteiger partial charge >= 0.3 is 0 Å². The Kier molecular flexibility index (Phi) is 3.94. The molecular formula is C19H19N3OS. The summed E-state index contributed by atoms with van der Waals surface area (Å²) in [5.74, 6) is 0.578. The normalized spacial score (nSPS) is 19.2. The van der Waals surface area contributed by atoms with Gasteiger partial charge in [-0.3, -0.25) is 9.48 Å². The van der Waals surface area contributed by atoms with Crippen LogP contribution < -0.4 is 4.90 Å². The van der Waals surface area contributed by atoms with Crippen molar-refractivity contribution in [1.82, 2.24) is 9.78 Å². The lowest BCUT2D eigenvalue weighted by atomic mass is 10.1. The maximum atomic E-state index is 13.1. The van der Waals surface area contributed by atoms with Gasteiger partial charge in [0.2, 0.25) is 5.91 Å². The van der Waals surface area contributed by atoms with E-state index in [0.717, 1.165) is 12.1 Å². The molecule has 2 atom stereocenters. The molecule has 1 aliphatic carbocycles. The first-order valence-electron chi connectivity index (χ1n) is 8.08. The first-order chi connectivity index (χ1) is 11.7. The largest absolute Gasteiger partial charge is 0.308 e. The first kappa shape index (κ1) is 15.1. The quantitative estimate of drug-likeness (QED) is 0.710. The van der Waals surface area contributed by atoms with Crippen molar-refractivity contribution in [2.75, 3.05) is 4.90 Å². The number of carbonyl (C=O) groups excluding carboxylic acids is 1. The predicted octanol–water partition coefficient (Wildman–Crippen LogP) is 3.82. The molecule has 0 N–H and O–H groups in total. The van der Waals surface area contributed by atoms with Crippen molar-refractivity contribution in [3.05, 3.63) is 70.7 Å². The molecule has 2 heterocycles. The molecule has 1 amide bonds. The van der Waals surface area contributed by atoms with E-state index in [2.05, 4.69) is 21.9 Å². The van der Waals surface area contributed by atoms with E-state index in [1.54, 1.807) is 16.0 Å². The number of rotatable bonds is 5. The average molecular weight is 337 g/mol. The monoisotopic (exact) mass is 337 g/mol. The number of aryl methyl sites for hydroxylation is 1. The lowest BCUT2D eigenvalue weighted by Crippen LogP contribution is -2.31. The Balaban J connectivity index is 1.56. The Morgan fingerprint density at radius 3 is 2.83 bits per heavy atom. The molecule has 1 aliphatic rings. The highest BCUT2D eigenvalue weighted by Crippen LogP contribution is 2.48. The van der Waals surface area contributed by atoms with Crippen LogP contribution in [0.25, 0.3) is 0 Å². The molecule has 0 spiro atoms. The van der Waals surface area contributed by atoms with Crippen LogP contribution in [0.2, 0.25) is 0 Å². The zero-order valence-electron chi connectivity index (χ0n) is 13.5. The number of hydrogen-bond acceptors (Lipinski definition) is 3. The van der Waals surface area contributed by atoms with Crippen molar-refractivity contribution >= 4 is 22.9 Å². The van der Waals surface area contributed by atoms with Gasteiger partial charge in [0.05, 0.1) is 12.7 Å². The highest BCUT2D eigenvalue weighted by molar-refractivity contribution is 7.07. The Morgan fingerprint density at radius 1 is 1.33 bits per heavy atom. The number of amides is 1. The first-order valence-corrected chi connectivity index (χ1v) is 9.02. The molecule has 1 saturated carbocycles. The number of benzene rings is 1. The number of aromatic nitrogens is 2. The molecule has 122 valence electrons. The van der Waals surface area contributed by atoms with Gasteiger partial charge in [-0.15, -0.1) is 0 Å². The van der Waals surface area contributed by atoms with E-state index in [1.807, 2.05) is 54.7 Å². The number of nitrogens with zero attached hydrogens (tertiary/aromatic N) is 3. The molecule has 24 heavy (non-hydrogen) atoms. The topological polar surface area (TPSA) is 38.1 Å². The maximum absolute atomic E-state index is 13.1. The van der Waals surface area contributed by atoms with E-state index >= 15 is 0 Å². The van der Waals surface area contributed by atoms with E-state index in [1.165, 1.54) is 11.1 Å². The molecule has 0 saturated heterocycles. The SMILES string of the molecule is Cn1cc([C@H]2C[C@@H]2C(=O)N(Cc2ccsc2)c2ccccc2)cn1. The molecule has 3 aromatic rings. The van der Waals surface area contributed by atoms with E-state index in [0.29, 0.717) is 12.5 Å². The highest BCUT2D eigenvalue weighted by Gasteiger charge is 2.46. The van der Waals surface area contributed by atoms with Gasteiger partial charge < -0.3 is 4.90 Å². The molecule has 0 unspecified atom stereocenters. The number of carbonyl (C=O) groups is 1. The van der Waals surface area contributed by atoms with E-state index < -0.39 is 0 Å². The van der Waals surface area contributed by atoms with Crippen LogP contribution in [0.5, 0.6) is 0 Å². The van der Waals surface area contributed by atoms with Crippen LogP contribution in [-0.2, 0) is 18.4 Å². The molecule has 4 rings (SSSR count). The van der Waals surface area contributed by atoms with Gasteiger partial charge in [0.25, 0.3) is 0 Å². The van der Waals surface area contributed by atoms with Gasteiger partial charge in [-0.1, -0.05) is 18.2 Å². The summed E-state index contributed by atoms with van der Waals surface area (Å²) < 4.78 is 1.80. The molecule has 0 bridgehead atoms. The molecule has 1 aromatic carbocycles. The summed E-state index contributed by atoms with van der Waals surface area (Å²) in [4.78, 5) is 15.0. The third-order valence-corrected chi connectivity index (χ3v) is 5.25. The van der Waals surface area contributed by atoms with Crippen LogP contribution >= 0.6 is 11.3 Å². The molecule has 1 fully saturated rings. The third kappa shape index (κ3) is 2.99. The van der Waals surface area contributed by atoms with Gasteiger partial charge in [-0.2, -0.15) is 16.4 Å². The fourth-order valence-corrected chi connectivity index (χ4v) is 3.80. The molecule has 2 aromatic heterocycles. The summed E-state index contributed by atoms with van der Waals surface area (Å²) in [7, 11) is 1.91. The molecule has 0 aliphatic heterocycles. The Morgan fingerprint density at radius 2 is 2.17 bits per heavy atom. The van der Waals surface area contributed by atoms with E-state index in [4.69, 9.17) is 0 Å². The van der Waals surface area contributed by atoms with Crippen LogP contribution in [0.15, 0.2) is 59.6 Å². The summed E-state index contributed by atoms with van der Waals surface area (Å²) in [5, 5.41) is 8.39. The van der Waals surface area contributed by atoms with Crippen LogP contribution in [0.1, 0.15) is 23.5 Å². The highest BCUT2D eigenvalue weighted by atomic mass is 32.1. The zero-order chi connectivity index (χ0) is 16.5. The van der Waals surface area contributed by atoms with Crippen molar-refractivity contribution in [2.45, 2.75) is 18.9 Å². The number of hydrogen-bond donors (Lipinski definition) is 0. The Hall–Kier alpha value is -2.40. The molecular weight excluding hydrogens is 318 g/mol. The van der Waals surface area contributed by atoms with E-state index in [-0.39, 0.29) is 11.8 Å². The fourth-order valence-electron chi connectivity index (χ4n) is 3.14. The number of anilines is 1. The van der Waals surface area contributed by atoms with Crippen molar-refractivity contribution in [2.24, 2.45) is 13.0 Å². The van der Waals surface area contributed by atoms with Crippen molar-refractivity contribution < 1.29 is 4.79 Å². The minimum absolute atomic E-state index is 0.0630. The number of thiophene rings is 1. The summed E-state index contributed by atoms with van der Waals surface area (Å²) >= 11 is 1.66. The second kappa shape index (κ2) is 6.24. The Labute approximate surface area is 145 Å². The van der Waals surface area contributed by atoms with Crippen LogP contribution in [0.4, 0.5) is 5.69 Å². The lowest BCUT2D eigenvalue weighted by molar-refractivity contribution is -0.120. The fraction of sp³-hybridized carbons (Fsp3) is 0.263. The average Bonchev–Trinajstić information content (AvgIpc) is 3.00. The lowest BCUT2D eigenvalue weighted by Gasteiger charge is -2.23. The van der Waals surface area contributed by atoms with Gasteiger partial charge in [0.15, 0.2) is 0 Å². The van der Waals surface area contributed by atoms with Crippen LogP contribution in [-0.4, -0.2) is 15.7 Å². The van der Waals surface area contributed by atoms with Gasteiger partial charge in [0.1, 0.15) is 0 Å². The standard InChI is InChI=1S/C19H19N3OS/c1-21-12-15(10-20-21)17-9-18(17)19(23)22(11-14-7-8-24-13-14)16-5-3-2-4-6-16/h2-8,10,12-13,17-18H,9,11H2,1H3/t17-,18+/m1/s1. The second-order valence-corrected chi connectivity index (χ2v) is 7.07. The van der Waals surface area contributed by atoms with Crippen LogP contribution in [0.3, 0.4) is 0 Å². The molecule has 0 radical (unpaired) electrons. The summed E-state index contributed by atoms with van der Waals surface area (Å²) in [6, 6.07) is 12.0. The van der Waals surface area contributed by atoms with Crippen molar-refractivity contribution in [1.29, 1.82) is 0 Å². The minimum Gasteiger partial charge on any atom is -0.308 e. The van der Waals surface area contributed by atoms with Crippen molar-refractivity contribution in [3.8, 4) is 0 Å². The van der Waals surface area contributed by atoms with Gasteiger partial charge in [-0.25, -0.2) is 0 Å². The van der Waals surface area contributed by atoms with Gasteiger partial charge in [-0.05, 0) is 52.4 Å². The number of para-hydroxylation sites is 1. The predicted molar refractivity (Wildman–Crippen MR) is 96.0 cm³/mol. The van der Waals surface area contributed by atoms with Crippen LogP contribution in [0, 0.1) is 5.92 Å². The van der Waals surface area contributed by atoms with Crippen molar-refractivity contribution in [3.63, 3.8) is 0 Å². The van der Waals surface area contributed by atoms with E-state index in [9.17, 15) is 4.79 Å². The minimum atomic E-state index is 0.0630. The molecule has 5 heteroatoms. The Bertz CT molecular complexity index is 825. The van der Waals surface area contributed by atoms with Gasteiger partial charge in [0, 0.05) is 24.8 Å². The summed E-state index contributed by atoms with van der Waals surface area (Å²) in [6.45, 7) is 0.628.